The van der Waals surface area contributed by atoms with Crippen LogP contribution in [0.3, 0.4) is 0 Å². The summed E-state index contributed by atoms with van der Waals surface area (Å²) in [7, 11) is 0. The third kappa shape index (κ3) is 2.63. The Morgan fingerprint density at radius 1 is 1.24 bits per heavy atom. The van der Waals surface area contributed by atoms with Crippen molar-refractivity contribution < 1.29 is 9.47 Å². The summed E-state index contributed by atoms with van der Waals surface area (Å²) in [6, 6.07) is 6.84. The van der Waals surface area contributed by atoms with Crippen LogP contribution in [0.4, 0.5) is 0 Å². The van der Waals surface area contributed by atoms with Crippen molar-refractivity contribution in [3.63, 3.8) is 0 Å². The van der Waals surface area contributed by atoms with E-state index in [4.69, 9.17) is 9.47 Å². The first kappa shape index (κ1) is 13.1. The largest absolute Gasteiger partial charge is 0.486 e. The van der Waals surface area contributed by atoms with E-state index in [1.54, 1.807) is 11.3 Å². The second kappa shape index (κ2) is 5.66. The number of rotatable bonds is 3. The van der Waals surface area contributed by atoms with Gasteiger partial charge in [-0.3, -0.25) is 4.90 Å². The third-order valence-electron chi connectivity index (χ3n) is 4.14. The average Bonchev–Trinajstić information content (AvgIpc) is 3.19. The molecule has 110 valence electrons. The molecule has 0 amide bonds. The van der Waals surface area contributed by atoms with Crippen LogP contribution in [0, 0.1) is 0 Å². The Hall–Kier alpha value is -1.59. The van der Waals surface area contributed by atoms with E-state index in [1.165, 1.54) is 23.4 Å². The van der Waals surface area contributed by atoms with Gasteiger partial charge in [-0.15, -0.1) is 11.3 Å². The Labute approximate surface area is 128 Å². The summed E-state index contributed by atoms with van der Waals surface area (Å²) in [5.74, 6) is 1.76. The number of fused-ring (bicyclic) bond motifs is 1. The van der Waals surface area contributed by atoms with Crippen LogP contribution in [-0.4, -0.2) is 29.6 Å². The number of ether oxygens (including phenoxy) is 2. The maximum absolute atomic E-state index is 5.71. The molecule has 2 aliphatic heterocycles. The van der Waals surface area contributed by atoms with E-state index in [2.05, 4.69) is 22.0 Å². The van der Waals surface area contributed by atoms with E-state index in [1.807, 2.05) is 17.6 Å². The fourth-order valence-electron chi connectivity index (χ4n) is 3.16. The van der Waals surface area contributed by atoms with Gasteiger partial charge < -0.3 is 9.47 Å². The highest BCUT2D eigenvalue weighted by molar-refractivity contribution is 7.09. The Kier molecular flexibility index (Phi) is 3.53. The molecule has 1 atom stereocenters. The Morgan fingerprint density at radius 3 is 3.00 bits per heavy atom. The summed E-state index contributed by atoms with van der Waals surface area (Å²) in [5.41, 5.74) is 1.33. The van der Waals surface area contributed by atoms with Gasteiger partial charge in [-0.05, 0) is 37.1 Å². The molecule has 0 bridgehead atoms. The lowest BCUT2D eigenvalue weighted by Gasteiger charge is -2.25. The Bertz CT molecular complexity index is 615. The van der Waals surface area contributed by atoms with E-state index in [-0.39, 0.29) is 0 Å². The van der Waals surface area contributed by atoms with Crippen LogP contribution < -0.4 is 9.47 Å². The monoisotopic (exact) mass is 302 g/mol. The predicted octanol–water partition coefficient (Wildman–Crippen LogP) is 3.25. The number of thiazole rings is 1. The molecule has 1 aromatic heterocycles. The van der Waals surface area contributed by atoms with E-state index in [0.29, 0.717) is 19.3 Å². The molecular formula is C16H18N2O2S. The Balaban J connectivity index is 1.56. The number of benzene rings is 1. The molecule has 0 N–H and O–H groups in total. The van der Waals surface area contributed by atoms with E-state index >= 15 is 0 Å². The minimum absolute atomic E-state index is 0.463. The molecule has 1 saturated heterocycles. The minimum atomic E-state index is 0.463. The number of nitrogens with zero attached hydrogens (tertiary/aromatic N) is 2. The first-order chi connectivity index (χ1) is 10.4. The zero-order valence-electron chi connectivity index (χ0n) is 11.8. The van der Waals surface area contributed by atoms with Gasteiger partial charge in [-0.1, -0.05) is 6.07 Å². The van der Waals surface area contributed by atoms with Gasteiger partial charge >= 0.3 is 0 Å². The van der Waals surface area contributed by atoms with Crippen molar-refractivity contribution >= 4 is 11.3 Å². The van der Waals surface area contributed by atoms with E-state index in [9.17, 15) is 0 Å². The molecule has 3 heterocycles. The van der Waals surface area contributed by atoms with Crippen LogP contribution in [0.2, 0.25) is 0 Å². The molecule has 4 nitrogen and oxygen atoms in total. The lowest BCUT2D eigenvalue weighted by atomic mass is 10.0. The molecule has 0 aliphatic carbocycles. The first-order valence-electron chi connectivity index (χ1n) is 7.42. The molecule has 0 spiro atoms. The van der Waals surface area contributed by atoms with Crippen LogP contribution in [0.15, 0.2) is 29.8 Å². The molecular weight excluding hydrogens is 284 g/mol. The molecule has 4 rings (SSSR count). The van der Waals surface area contributed by atoms with Crippen LogP contribution in [0.1, 0.15) is 29.5 Å². The van der Waals surface area contributed by atoms with Crippen molar-refractivity contribution in [2.75, 3.05) is 19.8 Å². The molecule has 2 aliphatic rings. The summed E-state index contributed by atoms with van der Waals surface area (Å²) < 4.78 is 11.3. The van der Waals surface area contributed by atoms with Gasteiger partial charge in [0.05, 0.1) is 6.54 Å². The van der Waals surface area contributed by atoms with Crippen LogP contribution in [0.5, 0.6) is 11.5 Å². The zero-order valence-corrected chi connectivity index (χ0v) is 12.6. The smallest absolute Gasteiger partial charge is 0.161 e. The van der Waals surface area contributed by atoms with Crippen LogP contribution in [0.25, 0.3) is 0 Å². The number of hydrogen-bond acceptors (Lipinski definition) is 5. The van der Waals surface area contributed by atoms with Crippen molar-refractivity contribution in [2.24, 2.45) is 0 Å². The number of aromatic nitrogens is 1. The highest BCUT2D eigenvalue weighted by Gasteiger charge is 2.27. The van der Waals surface area contributed by atoms with Crippen molar-refractivity contribution in [1.29, 1.82) is 0 Å². The molecule has 0 saturated carbocycles. The second-order valence-electron chi connectivity index (χ2n) is 5.46. The van der Waals surface area contributed by atoms with Gasteiger partial charge in [-0.25, -0.2) is 4.98 Å². The third-order valence-corrected chi connectivity index (χ3v) is 4.90. The van der Waals surface area contributed by atoms with Crippen molar-refractivity contribution in [3.05, 3.63) is 40.3 Å². The summed E-state index contributed by atoms with van der Waals surface area (Å²) >= 11 is 1.73. The normalized spacial score (nSPS) is 21.6. The molecule has 0 radical (unpaired) electrons. The second-order valence-corrected chi connectivity index (χ2v) is 6.44. The predicted molar refractivity (Wildman–Crippen MR) is 81.9 cm³/mol. The molecule has 2 aromatic rings. The van der Waals surface area contributed by atoms with Gasteiger partial charge in [-0.2, -0.15) is 0 Å². The maximum atomic E-state index is 5.71. The van der Waals surface area contributed by atoms with Crippen molar-refractivity contribution in [1.82, 2.24) is 9.88 Å². The van der Waals surface area contributed by atoms with Gasteiger partial charge in [0.2, 0.25) is 0 Å². The average molecular weight is 302 g/mol. The summed E-state index contributed by atoms with van der Waals surface area (Å²) in [4.78, 5) is 6.93. The standard InChI is InChI=1S/C16H18N2O2S/c1-2-13(18(6-1)11-16-17-5-9-21-16)12-3-4-14-15(10-12)20-8-7-19-14/h3-5,9-10,13H,1-2,6-8,11H2. The topological polar surface area (TPSA) is 34.6 Å². The summed E-state index contributed by atoms with van der Waals surface area (Å²) in [6.07, 6.45) is 4.32. The zero-order chi connectivity index (χ0) is 14.1. The number of hydrogen-bond donors (Lipinski definition) is 0. The van der Waals surface area contributed by atoms with Crippen molar-refractivity contribution in [2.45, 2.75) is 25.4 Å². The lowest BCUT2D eigenvalue weighted by Crippen LogP contribution is -2.23. The number of likely N-dealkylation sites (tertiary alicyclic amines) is 1. The van der Waals surface area contributed by atoms with Gasteiger partial charge in [0, 0.05) is 17.6 Å². The van der Waals surface area contributed by atoms with Gasteiger partial charge in [0.1, 0.15) is 18.2 Å². The molecule has 1 unspecified atom stereocenters. The maximum Gasteiger partial charge on any atom is 0.161 e. The summed E-state index contributed by atoms with van der Waals surface area (Å²) in [5, 5.41) is 3.24. The lowest BCUT2D eigenvalue weighted by molar-refractivity contribution is 0.170. The van der Waals surface area contributed by atoms with Crippen LogP contribution >= 0.6 is 11.3 Å². The quantitative estimate of drug-likeness (QED) is 0.871. The molecule has 5 heteroatoms. The highest BCUT2D eigenvalue weighted by atomic mass is 32.1. The summed E-state index contributed by atoms with van der Waals surface area (Å²) in [6.45, 7) is 3.37. The van der Waals surface area contributed by atoms with E-state index in [0.717, 1.165) is 24.6 Å². The fraction of sp³-hybridized carbons (Fsp3) is 0.438. The highest BCUT2D eigenvalue weighted by Crippen LogP contribution is 2.38. The van der Waals surface area contributed by atoms with E-state index < -0.39 is 0 Å². The minimum Gasteiger partial charge on any atom is -0.486 e. The van der Waals surface area contributed by atoms with Crippen molar-refractivity contribution in [3.8, 4) is 11.5 Å². The molecule has 1 aromatic carbocycles. The molecule has 21 heavy (non-hydrogen) atoms. The van der Waals surface area contributed by atoms with Gasteiger partial charge in [0.15, 0.2) is 11.5 Å². The Morgan fingerprint density at radius 2 is 2.14 bits per heavy atom. The SMILES string of the molecule is c1csc(CN2CCCC2c2ccc3c(c2)OCCO3)n1. The fourth-order valence-corrected chi connectivity index (χ4v) is 3.81. The van der Waals surface area contributed by atoms with Gasteiger partial charge in [0.25, 0.3) is 0 Å². The molecule has 1 fully saturated rings. The van der Waals surface area contributed by atoms with Crippen LogP contribution in [-0.2, 0) is 6.54 Å². The first-order valence-corrected chi connectivity index (χ1v) is 8.30.